The maximum Gasteiger partial charge on any atom is 0.573 e. The van der Waals surface area contributed by atoms with Gasteiger partial charge in [-0.1, -0.05) is 23.7 Å². The molecule has 2 aromatic heterocycles. The van der Waals surface area contributed by atoms with Crippen LogP contribution in [-0.4, -0.2) is 21.1 Å². The van der Waals surface area contributed by atoms with Crippen molar-refractivity contribution in [2.24, 2.45) is 0 Å². The topological polar surface area (TPSA) is 57.0 Å². The van der Waals surface area contributed by atoms with E-state index in [0.29, 0.717) is 11.3 Å². The Bertz CT molecular complexity index is 1530. The molecule has 4 aromatic rings. The first-order valence-electron chi connectivity index (χ1n) is 10.0. The molecule has 2 aromatic carbocycles. The van der Waals surface area contributed by atoms with E-state index in [-0.39, 0.29) is 27.3 Å². The van der Waals surface area contributed by atoms with E-state index in [9.17, 15) is 22.4 Å². The molecule has 0 aliphatic carbocycles. The highest BCUT2D eigenvalue weighted by molar-refractivity contribution is 6.30. The first kappa shape index (κ1) is 24.3. The van der Waals surface area contributed by atoms with E-state index < -0.39 is 34.9 Å². The first-order valence-corrected chi connectivity index (χ1v) is 10.4. The maximum atomic E-state index is 15.3. The number of ether oxygens (including phenoxy) is 1. The highest BCUT2D eigenvalue weighted by Crippen LogP contribution is 2.26. The predicted octanol–water partition coefficient (Wildman–Crippen LogP) is 6.56. The summed E-state index contributed by atoms with van der Waals surface area (Å²) in [5, 5.41) is 4.19. The molecule has 0 saturated carbocycles. The zero-order chi connectivity index (χ0) is 25.5. The van der Waals surface area contributed by atoms with Crippen molar-refractivity contribution in [1.82, 2.24) is 14.8 Å². The Labute approximate surface area is 200 Å². The van der Waals surface area contributed by atoms with Gasteiger partial charge in [-0.3, -0.25) is 4.79 Å². The number of benzene rings is 2. The molecule has 0 bridgehead atoms. The van der Waals surface area contributed by atoms with E-state index in [1.54, 1.807) is 19.9 Å². The molecule has 0 unspecified atom stereocenters. The van der Waals surface area contributed by atoms with Crippen LogP contribution >= 0.6 is 11.6 Å². The largest absolute Gasteiger partial charge is 0.573 e. The van der Waals surface area contributed by atoms with Crippen LogP contribution in [0.4, 0.5) is 22.0 Å². The molecule has 0 aliphatic rings. The molecule has 5 nitrogen and oxygen atoms in total. The highest BCUT2D eigenvalue weighted by Gasteiger charge is 2.31. The average molecular weight is 508 g/mol. The summed E-state index contributed by atoms with van der Waals surface area (Å²) in [6.07, 6.45) is -3.96. The fourth-order valence-corrected chi connectivity index (χ4v) is 3.46. The lowest BCUT2D eigenvalue weighted by Gasteiger charge is -2.14. The van der Waals surface area contributed by atoms with E-state index >= 15 is 4.39 Å². The summed E-state index contributed by atoms with van der Waals surface area (Å²) < 4.78 is 71.9. The van der Waals surface area contributed by atoms with Crippen LogP contribution in [0.2, 0.25) is 5.02 Å². The summed E-state index contributed by atoms with van der Waals surface area (Å²) in [4.78, 5) is 17.3. The Morgan fingerprint density at radius 2 is 1.77 bits per heavy atom. The van der Waals surface area contributed by atoms with Gasteiger partial charge in [0.2, 0.25) is 5.43 Å². The van der Waals surface area contributed by atoms with Crippen LogP contribution in [0.3, 0.4) is 0 Å². The lowest BCUT2D eigenvalue weighted by molar-refractivity contribution is -0.274. The fraction of sp³-hybridized carbons (Fsp3) is 0.125. The quantitative estimate of drug-likeness (QED) is 0.294. The SMILES string of the molecule is Cc1cc2c(nc1C)c(=O)c(/C(F)=C/c1ccc(OC(F)(F)F)cc1)nn2-c1ccc(Cl)cc1F. The second kappa shape index (κ2) is 9.10. The minimum Gasteiger partial charge on any atom is -0.406 e. The number of aryl methyl sites for hydroxylation is 2. The van der Waals surface area contributed by atoms with Crippen LogP contribution in [0.5, 0.6) is 5.75 Å². The van der Waals surface area contributed by atoms with Gasteiger partial charge < -0.3 is 4.74 Å². The molecule has 0 atom stereocenters. The average Bonchev–Trinajstić information content (AvgIpc) is 2.76. The van der Waals surface area contributed by atoms with Crippen LogP contribution in [0.25, 0.3) is 28.6 Å². The number of alkyl halides is 3. The molecule has 0 spiro atoms. The van der Waals surface area contributed by atoms with Crippen LogP contribution in [0.1, 0.15) is 22.5 Å². The van der Waals surface area contributed by atoms with E-state index in [2.05, 4.69) is 14.8 Å². The molecule has 0 amide bonds. The van der Waals surface area contributed by atoms with E-state index in [1.807, 2.05) is 0 Å². The molecule has 4 rings (SSSR count). The van der Waals surface area contributed by atoms with E-state index in [1.165, 1.54) is 24.3 Å². The molecular weight excluding hydrogens is 493 g/mol. The standard InChI is InChI=1S/C24H15ClF5N3O2/c1-12-9-20-22(31-13(12)2)23(34)21(32-33(20)19-8-5-15(25)11-17(19)26)18(27)10-14-3-6-16(7-4-14)35-24(28,29)30/h3-11H,1-2H3/b18-10-. The smallest absolute Gasteiger partial charge is 0.406 e. The lowest BCUT2D eigenvalue weighted by atomic mass is 10.1. The Morgan fingerprint density at radius 1 is 1.09 bits per heavy atom. The third kappa shape index (κ3) is 5.17. The van der Waals surface area contributed by atoms with Crippen molar-refractivity contribution in [2.45, 2.75) is 20.2 Å². The van der Waals surface area contributed by atoms with Gasteiger partial charge in [-0.05, 0) is 67.4 Å². The van der Waals surface area contributed by atoms with E-state index in [4.69, 9.17) is 11.6 Å². The van der Waals surface area contributed by atoms with Gasteiger partial charge in [0.1, 0.15) is 22.8 Å². The van der Waals surface area contributed by atoms with E-state index in [0.717, 1.165) is 29.0 Å². The summed E-state index contributed by atoms with van der Waals surface area (Å²) in [5.41, 5.74) is -0.207. The minimum atomic E-state index is -4.87. The predicted molar refractivity (Wildman–Crippen MR) is 122 cm³/mol. The fourth-order valence-electron chi connectivity index (χ4n) is 3.30. The lowest BCUT2D eigenvalue weighted by Crippen LogP contribution is -2.19. The van der Waals surface area contributed by atoms with Gasteiger partial charge in [0.05, 0.1) is 5.52 Å². The summed E-state index contributed by atoms with van der Waals surface area (Å²) in [7, 11) is 0. The summed E-state index contributed by atoms with van der Waals surface area (Å²) in [6, 6.07) is 9.71. The van der Waals surface area contributed by atoms with Gasteiger partial charge in [-0.2, -0.15) is 5.10 Å². The zero-order valence-corrected chi connectivity index (χ0v) is 18.9. The number of hydrogen-bond acceptors (Lipinski definition) is 4. The molecule has 0 aliphatic heterocycles. The van der Waals surface area contributed by atoms with Crippen molar-refractivity contribution in [3.63, 3.8) is 0 Å². The number of halogens is 6. The normalized spacial score (nSPS) is 12.3. The Kier molecular flexibility index (Phi) is 6.33. The number of pyridine rings is 1. The van der Waals surface area contributed by atoms with Crippen molar-refractivity contribution in [3.05, 3.63) is 92.1 Å². The minimum absolute atomic E-state index is 0.0906. The first-order chi connectivity index (χ1) is 16.4. The van der Waals surface area contributed by atoms with Crippen LogP contribution < -0.4 is 10.2 Å². The molecule has 0 fully saturated rings. The van der Waals surface area contributed by atoms with Gasteiger partial charge >= 0.3 is 6.36 Å². The second-order valence-electron chi connectivity index (χ2n) is 7.55. The third-order valence-electron chi connectivity index (χ3n) is 5.08. The van der Waals surface area contributed by atoms with Crippen molar-refractivity contribution in [1.29, 1.82) is 0 Å². The summed E-state index contributed by atoms with van der Waals surface area (Å²) in [6.45, 7) is 3.41. The third-order valence-corrected chi connectivity index (χ3v) is 5.31. The number of hydrogen-bond donors (Lipinski definition) is 0. The van der Waals surface area contributed by atoms with Gasteiger partial charge in [0.25, 0.3) is 0 Å². The molecule has 0 saturated heterocycles. The molecule has 2 heterocycles. The van der Waals surface area contributed by atoms with Gasteiger partial charge in [-0.25, -0.2) is 18.4 Å². The monoisotopic (exact) mass is 507 g/mol. The molecule has 180 valence electrons. The number of nitrogens with zero attached hydrogens (tertiary/aromatic N) is 3. The zero-order valence-electron chi connectivity index (χ0n) is 18.1. The molecule has 0 N–H and O–H groups in total. The Hall–Kier alpha value is -3.79. The van der Waals surface area contributed by atoms with Gasteiger partial charge in [0, 0.05) is 10.7 Å². The van der Waals surface area contributed by atoms with Crippen LogP contribution in [0.15, 0.2) is 53.3 Å². The molecule has 11 heteroatoms. The summed E-state index contributed by atoms with van der Waals surface area (Å²) >= 11 is 5.84. The number of rotatable bonds is 4. The maximum absolute atomic E-state index is 15.3. The number of fused-ring (bicyclic) bond motifs is 1. The van der Waals surface area contributed by atoms with Gasteiger partial charge in [0.15, 0.2) is 11.5 Å². The molecular formula is C24H15ClF5N3O2. The van der Waals surface area contributed by atoms with Crippen LogP contribution in [-0.2, 0) is 0 Å². The van der Waals surface area contributed by atoms with Crippen molar-refractivity contribution < 1.29 is 26.7 Å². The van der Waals surface area contributed by atoms with Crippen molar-refractivity contribution >= 4 is 34.5 Å². The molecule has 0 radical (unpaired) electrons. The van der Waals surface area contributed by atoms with Crippen molar-refractivity contribution in [2.75, 3.05) is 0 Å². The Morgan fingerprint density at radius 3 is 2.40 bits per heavy atom. The highest BCUT2D eigenvalue weighted by atomic mass is 35.5. The molecule has 35 heavy (non-hydrogen) atoms. The van der Waals surface area contributed by atoms with Crippen molar-refractivity contribution in [3.8, 4) is 11.4 Å². The number of aromatic nitrogens is 3. The van der Waals surface area contributed by atoms with Gasteiger partial charge in [-0.15, -0.1) is 13.2 Å². The second-order valence-corrected chi connectivity index (χ2v) is 7.99. The Balaban J connectivity index is 1.88. The van der Waals surface area contributed by atoms with Crippen LogP contribution in [0, 0.1) is 19.7 Å². The summed E-state index contributed by atoms with van der Waals surface area (Å²) in [5.74, 6) is -2.34.